The van der Waals surface area contributed by atoms with Crippen molar-refractivity contribution in [1.82, 2.24) is 9.88 Å². The van der Waals surface area contributed by atoms with Crippen LogP contribution in [-0.4, -0.2) is 46.6 Å². The van der Waals surface area contributed by atoms with Crippen LogP contribution in [0, 0.1) is 11.8 Å². The fourth-order valence-electron chi connectivity index (χ4n) is 4.00. The molecule has 0 radical (unpaired) electrons. The summed E-state index contributed by atoms with van der Waals surface area (Å²) >= 11 is 1.20. The molecule has 2 heterocycles. The highest BCUT2D eigenvalue weighted by atomic mass is 32.1. The minimum atomic E-state index is -4.25. The first kappa shape index (κ1) is 21.4. The maximum Gasteiger partial charge on any atom is 0.391 e. The summed E-state index contributed by atoms with van der Waals surface area (Å²) in [6, 6.07) is 0. The van der Waals surface area contributed by atoms with Crippen LogP contribution < -0.4 is 0 Å². The van der Waals surface area contributed by atoms with E-state index in [1.165, 1.54) is 16.2 Å². The van der Waals surface area contributed by atoms with Gasteiger partial charge in [0.2, 0.25) is 6.43 Å². The zero-order chi connectivity index (χ0) is 20.5. The van der Waals surface area contributed by atoms with Crippen LogP contribution in [0.2, 0.25) is 0 Å². The molecule has 2 fully saturated rings. The van der Waals surface area contributed by atoms with E-state index in [1.54, 1.807) is 0 Å². The van der Waals surface area contributed by atoms with Gasteiger partial charge in [-0.3, -0.25) is 4.79 Å². The minimum absolute atomic E-state index is 0.000234. The zero-order valence-corrected chi connectivity index (χ0v) is 16.0. The Morgan fingerprint density at radius 1 is 1.14 bits per heavy atom. The highest BCUT2D eigenvalue weighted by Gasteiger charge is 2.42. The molecule has 0 spiro atoms. The normalized spacial score (nSPS) is 24.8. The van der Waals surface area contributed by atoms with Gasteiger partial charge in [-0.05, 0) is 38.5 Å². The third kappa shape index (κ3) is 4.64. The Kier molecular flexibility index (Phi) is 6.58. The maximum atomic E-state index is 12.8. The van der Waals surface area contributed by atoms with E-state index in [1.807, 2.05) is 0 Å². The Bertz CT molecular complexity index is 678. The number of piperidine rings is 1. The lowest BCUT2D eigenvalue weighted by Gasteiger charge is -2.32. The van der Waals surface area contributed by atoms with Crippen molar-refractivity contribution in [3.8, 4) is 0 Å². The fraction of sp³-hybridized carbons (Fsp3) is 0.778. The van der Waals surface area contributed by atoms with Gasteiger partial charge in [-0.15, -0.1) is 11.3 Å². The quantitative estimate of drug-likeness (QED) is 0.717. The van der Waals surface area contributed by atoms with Crippen LogP contribution in [0.5, 0.6) is 0 Å². The number of amides is 1. The van der Waals surface area contributed by atoms with Crippen molar-refractivity contribution in [2.75, 3.05) is 13.1 Å². The molecule has 1 aromatic rings. The second-order valence-electron chi connectivity index (χ2n) is 7.54. The summed E-state index contributed by atoms with van der Waals surface area (Å²) in [4.78, 5) is 18.9. The van der Waals surface area contributed by atoms with Crippen molar-refractivity contribution in [2.45, 2.75) is 63.7 Å². The van der Waals surface area contributed by atoms with Gasteiger partial charge in [0, 0.05) is 24.9 Å². The number of aliphatic hydroxyl groups is 1. The number of nitrogens with zero attached hydrogens (tertiary/aromatic N) is 2. The van der Waals surface area contributed by atoms with E-state index in [4.69, 9.17) is 0 Å². The molecule has 1 saturated heterocycles. The molecular weight excluding hydrogens is 403 g/mol. The molecule has 10 heteroatoms. The number of halogens is 5. The van der Waals surface area contributed by atoms with Crippen molar-refractivity contribution < 1.29 is 31.9 Å². The molecule has 1 aromatic heterocycles. The molecule has 0 atom stereocenters. The van der Waals surface area contributed by atoms with E-state index in [0.717, 1.165) is 0 Å². The lowest BCUT2D eigenvalue weighted by molar-refractivity contribution is -0.183. The highest BCUT2D eigenvalue weighted by molar-refractivity contribution is 7.12. The van der Waals surface area contributed by atoms with Crippen molar-refractivity contribution in [3.63, 3.8) is 0 Å². The minimum Gasteiger partial charge on any atom is -0.391 e. The van der Waals surface area contributed by atoms with Crippen LogP contribution in [0.1, 0.15) is 64.8 Å². The summed E-state index contributed by atoms with van der Waals surface area (Å²) in [5, 5.41) is 10.2. The number of likely N-dealkylation sites (tertiary alicyclic amines) is 1. The first-order chi connectivity index (χ1) is 13.2. The second-order valence-corrected chi connectivity index (χ2v) is 8.65. The van der Waals surface area contributed by atoms with Crippen LogP contribution in [0.15, 0.2) is 0 Å². The van der Waals surface area contributed by atoms with E-state index >= 15 is 0 Å². The number of hydrogen-bond donors (Lipinski definition) is 1. The number of carbonyl (C=O) groups is 1. The van der Waals surface area contributed by atoms with Gasteiger partial charge in [-0.1, -0.05) is 0 Å². The van der Waals surface area contributed by atoms with Gasteiger partial charge in [-0.2, -0.15) is 13.2 Å². The van der Waals surface area contributed by atoms with Crippen molar-refractivity contribution in [2.24, 2.45) is 11.8 Å². The molecule has 1 aliphatic carbocycles. The predicted molar refractivity (Wildman–Crippen MR) is 93.4 cm³/mol. The van der Waals surface area contributed by atoms with Gasteiger partial charge in [-0.25, -0.2) is 13.8 Å². The molecule has 28 heavy (non-hydrogen) atoms. The first-order valence-corrected chi connectivity index (χ1v) is 10.3. The lowest BCUT2D eigenvalue weighted by atomic mass is 9.82. The number of rotatable bonds is 4. The van der Waals surface area contributed by atoms with E-state index in [-0.39, 0.29) is 44.1 Å². The van der Waals surface area contributed by atoms with Gasteiger partial charge in [0.05, 0.1) is 22.4 Å². The van der Waals surface area contributed by atoms with Gasteiger partial charge >= 0.3 is 6.18 Å². The van der Waals surface area contributed by atoms with Gasteiger partial charge in [0.1, 0.15) is 5.69 Å². The highest BCUT2D eigenvalue weighted by Crippen LogP contribution is 2.40. The van der Waals surface area contributed by atoms with E-state index in [2.05, 4.69) is 4.98 Å². The van der Waals surface area contributed by atoms with E-state index in [0.29, 0.717) is 35.6 Å². The van der Waals surface area contributed by atoms with E-state index in [9.17, 15) is 31.9 Å². The summed E-state index contributed by atoms with van der Waals surface area (Å²) in [7, 11) is 0. The number of aliphatic hydroxyl groups excluding tert-OH is 1. The number of alkyl halides is 5. The summed E-state index contributed by atoms with van der Waals surface area (Å²) < 4.78 is 64.0. The zero-order valence-electron chi connectivity index (χ0n) is 15.2. The van der Waals surface area contributed by atoms with Gasteiger partial charge < -0.3 is 10.0 Å². The Hall–Kier alpha value is -1.29. The molecule has 1 N–H and O–H groups in total. The average Bonchev–Trinajstić information content (AvgIpc) is 3.11. The van der Waals surface area contributed by atoms with E-state index < -0.39 is 30.3 Å². The average molecular weight is 426 g/mol. The van der Waals surface area contributed by atoms with Crippen molar-refractivity contribution >= 4 is 17.2 Å². The third-order valence-electron chi connectivity index (χ3n) is 5.78. The topological polar surface area (TPSA) is 53.4 Å². The number of aromatic nitrogens is 1. The lowest BCUT2D eigenvalue weighted by Crippen LogP contribution is -2.42. The summed E-state index contributed by atoms with van der Waals surface area (Å²) in [5.41, 5.74) is 0.0870. The van der Waals surface area contributed by atoms with Crippen LogP contribution in [0.25, 0.3) is 0 Å². The summed E-state index contributed by atoms with van der Waals surface area (Å²) in [5.74, 6) is -2.49. The molecule has 1 saturated carbocycles. The monoisotopic (exact) mass is 426 g/mol. The summed E-state index contributed by atoms with van der Waals surface area (Å²) in [6.07, 6.45) is -4.97. The molecule has 2 aliphatic rings. The largest absolute Gasteiger partial charge is 0.391 e. The molecule has 4 nitrogen and oxygen atoms in total. The van der Waals surface area contributed by atoms with Gasteiger partial charge in [0.25, 0.3) is 5.91 Å². The van der Waals surface area contributed by atoms with Crippen molar-refractivity contribution in [1.29, 1.82) is 0 Å². The molecule has 3 rings (SSSR count). The Morgan fingerprint density at radius 2 is 1.75 bits per heavy atom. The second kappa shape index (κ2) is 8.61. The number of thiazole rings is 1. The molecular formula is C18H23F5N2O2S. The smallest absolute Gasteiger partial charge is 0.391 e. The van der Waals surface area contributed by atoms with Crippen molar-refractivity contribution in [3.05, 3.63) is 15.6 Å². The molecule has 0 unspecified atom stereocenters. The maximum absolute atomic E-state index is 12.8. The Labute approximate surface area is 163 Å². The molecule has 1 aliphatic heterocycles. The van der Waals surface area contributed by atoms with Crippen LogP contribution >= 0.6 is 11.3 Å². The molecule has 1 amide bonds. The first-order valence-electron chi connectivity index (χ1n) is 9.45. The standard InChI is InChI=1S/C18H23F5N2O2S/c19-15(20)10-1-3-11(4-2-10)16-24-14(13(9-26)28-16)17(27)25-7-5-12(6-8-25)18(21,22)23/h10-12,15,26H,1-9H2/t10-,11-. The SMILES string of the molecule is O=C(c1nc([C@H]2CC[C@H](C(F)F)CC2)sc1CO)N1CCC(C(F)(F)F)CC1. The molecule has 0 aromatic carbocycles. The molecule has 0 bridgehead atoms. The third-order valence-corrected chi connectivity index (χ3v) is 6.99. The number of hydrogen-bond acceptors (Lipinski definition) is 4. The Morgan fingerprint density at radius 3 is 2.25 bits per heavy atom. The van der Waals surface area contributed by atoms with Crippen LogP contribution in [0.4, 0.5) is 22.0 Å². The predicted octanol–water partition coefficient (Wildman–Crippen LogP) is 4.59. The Balaban J connectivity index is 1.67. The van der Waals surface area contributed by atoms with Crippen LogP contribution in [-0.2, 0) is 6.61 Å². The van der Waals surface area contributed by atoms with Gasteiger partial charge in [0.15, 0.2) is 0 Å². The number of carbonyl (C=O) groups excluding carboxylic acids is 1. The summed E-state index contributed by atoms with van der Waals surface area (Å²) in [6.45, 7) is -0.384. The molecule has 158 valence electrons. The fourth-order valence-corrected chi connectivity index (χ4v) is 5.08. The van der Waals surface area contributed by atoms with Crippen LogP contribution in [0.3, 0.4) is 0 Å².